The number of benzene rings is 1. The summed E-state index contributed by atoms with van der Waals surface area (Å²) in [5, 5.41) is 13.5. The van der Waals surface area contributed by atoms with Gasteiger partial charge in [-0.3, -0.25) is 18.6 Å². The van der Waals surface area contributed by atoms with E-state index in [9.17, 15) is 23.1 Å². The maximum atomic E-state index is 13.9. The Morgan fingerprint density at radius 3 is 2.43 bits per heavy atom. The third kappa shape index (κ3) is 6.20. The van der Waals surface area contributed by atoms with Crippen molar-refractivity contribution in [1.29, 1.82) is 0 Å². The number of halogens is 1. The number of anilines is 1. The van der Waals surface area contributed by atoms with Crippen molar-refractivity contribution in [2.45, 2.75) is 84.5 Å². The van der Waals surface area contributed by atoms with Crippen LogP contribution in [0, 0.1) is 12.3 Å². The molecule has 204 valence electrons. The van der Waals surface area contributed by atoms with Gasteiger partial charge in [0.25, 0.3) is 10.0 Å². The normalized spacial score (nSPS) is 16.2. The number of carbonyl (C=O) groups excluding carboxylic acids is 1. The standard InChI is InChI=1S/C25H34ClN3O7S/c1-8-28-14-19(22(26)27-28)37(33,34)29-13-17(12-25(6,7)23(31)32)35-18-10-9-16(15(2)21(18)29)11-20(30)36-24(3,4)5/h9-10,14,17H,8,11-13H2,1-7H3,(H,31,32)/t17-/m0/s1. The van der Waals surface area contributed by atoms with E-state index in [1.54, 1.807) is 60.6 Å². The molecule has 0 unspecified atom stereocenters. The van der Waals surface area contributed by atoms with E-state index in [0.717, 1.165) is 0 Å². The molecular weight excluding hydrogens is 522 g/mol. The van der Waals surface area contributed by atoms with Gasteiger partial charge >= 0.3 is 11.9 Å². The summed E-state index contributed by atoms with van der Waals surface area (Å²) < 4.78 is 42.1. The summed E-state index contributed by atoms with van der Waals surface area (Å²) in [6, 6.07) is 3.29. The molecule has 10 nitrogen and oxygen atoms in total. The highest BCUT2D eigenvalue weighted by Gasteiger charge is 2.41. The minimum absolute atomic E-state index is 0.0612. The summed E-state index contributed by atoms with van der Waals surface area (Å²) in [6.45, 7) is 12.2. The Balaban J connectivity index is 2.11. The van der Waals surface area contributed by atoms with Gasteiger partial charge in [0, 0.05) is 19.2 Å². The van der Waals surface area contributed by atoms with E-state index in [2.05, 4.69) is 5.10 Å². The maximum Gasteiger partial charge on any atom is 0.310 e. The molecule has 1 aliphatic heterocycles. The van der Waals surface area contributed by atoms with Crippen molar-refractivity contribution >= 4 is 39.3 Å². The summed E-state index contributed by atoms with van der Waals surface area (Å²) in [5.41, 5.74) is -0.449. The monoisotopic (exact) mass is 555 g/mol. The van der Waals surface area contributed by atoms with Crippen LogP contribution in [0.1, 0.15) is 59.1 Å². The first kappa shape index (κ1) is 28.8. The molecule has 3 rings (SSSR count). The number of sulfonamides is 1. The molecule has 2 aromatic rings. The van der Waals surface area contributed by atoms with E-state index >= 15 is 0 Å². The second kappa shape index (κ2) is 10.2. The van der Waals surface area contributed by atoms with Gasteiger partial charge in [-0.05, 0) is 65.7 Å². The summed E-state index contributed by atoms with van der Waals surface area (Å²) in [5.74, 6) is -1.20. The lowest BCUT2D eigenvalue weighted by molar-refractivity contribution is -0.154. The fourth-order valence-corrected chi connectivity index (χ4v) is 6.17. The lowest BCUT2D eigenvalue weighted by atomic mass is 9.86. The van der Waals surface area contributed by atoms with Crippen molar-refractivity contribution in [3.63, 3.8) is 0 Å². The van der Waals surface area contributed by atoms with Crippen LogP contribution in [-0.2, 0) is 37.3 Å². The molecule has 1 atom stereocenters. The molecule has 1 aromatic heterocycles. The summed E-state index contributed by atoms with van der Waals surface area (Å²) in [6.07, 6.45) is 0.621. The number of nitrogens with zero attached hydrogens (tertiary/aromatic N) is 3. The number of rotatable bonds is 8. The Morgan fingerprint density at radius 1 is 1.24 bits per heavy atom. The molecule has 0 spiro atoms. The van der Waals surface area contributed by atoms with E-state index < -0.39 is 39.1 Å². The summed E-state index contributed by atoms with van der Waals surface area (Å²) in [7, 11) is -4.23. The first-order valence-corrected chi connectivity index (χ1v) is 13.8. The van der Waals surface area contributed by atoms with Crippen molar-refractivity contribution in [2.24, 2.45) is 5.41 Å². The van der Waals surface area contributed by atoms with Crippen LogP contribution in [0.4, 0.5) is 5.69 Å². The highest BCUT2D eigenvalue weighted by atomic mass is 35.5. The van der Waals surface area contributed by atoms with Gasteiger partial charge in [-0.2, -0.15) is 5.10 Å². The fourth-order valence-electron chi connectivity index (χ4n) is 4.15. The molecule has 0 fully saturated rings. The predicted molar refractivity (Wildman–Crippen MR) is 139 cm³/mol. The van der Waals surface area contributed by atoms with Crippen molar-refractivity contribution in [3.8, 4) is 5.75 Å². The molecule has 12 heteroatoms. The molecule has 1 aliphatic rings. The molecule has 0 saturated carbocycles. The molecule has 2 heterocycles. The Labute approximate surface area is 222 Å². The minimum Gasteiger partial charge on any atom is -0.486 e. The fraction of sp³-hybridized carbons (Fsp3) is 0.560. The van der Waals surface area contributed by atoms with Crippen LogP contribution in [0.15, 0.2) is 23.2 Å². The van der Waals surface area contributed by atoms with E-state index in [-0.39, 0.29) is 40.9 Å². The van der Waals surface area contributed by atoms with Gasteiger partial charge in [0.05, 0.1) is 24.1 Å². The average molecular weight is 556 g/mol. The van der Waals surface area contributed by atoms with Crippen LogP contribution in [0.5, 0.6) is 5.75 Å². The third-order valence-corrected chi connectivity index (χ3v) is 8.23. The van der Waals surface area contributed by atoms with Gasteiger partial charge in [-0.15, -0.1) is 0 Å². The number of carbonyl (C=O) groups is 2. The van der Waals surface area contributed by atoms with Crippen LogP contribution in [0.3, 0.4) is 0 Å². The smallest absolute Gasteiger partial charge is 0.310 e. The van der Waals surface area contributed by atoms with Crippen molar-refractivity contribution < 1.29 is 32.6 Å². The molecule has 0 radical (unpaired) electrons. The highest BCUT2D eigenvalue weighted by molar-refractivity contribution is 7.93. The topological polar surface area (TPSA) is 128 Å². The average Bonchev–Trinajstić information content (AvgIpc) is 3.15. The molecule has 0 aliphatic carbocycles. The van der Waals surface area contributed by atoms with Gasteiger partial charge in [0.2, 0.25) is 0 Å². The van der Waals surface area contributed by atoms with Gasteiger partial charge in [0.1, 0.15) is 22.4 Å². The quantitative estimate of drug-likeness (QED) is 0.480. The van der Waals surface area contributed by atoms with Gasteiger partial charge in [0.15, 0.2) is 5.15 Å². The lowest BCUT2D eigenvalue weighted by Crippen LogP contribution is -2.46. The Bertz CT molecular complexity index is 1310. The number of ether oxygens (including phenoxy) is 2. The first-order valence-electron chi connectivity index (χ1n) is 12.0. The Morgan fingerprint density at radius 2 is 1.89 bits per heavy atom. The molecule has 0 bridgehead atoms. The van der Waals surface area contributed by atoms with Crippen LogP contribution in [-0.4, -0.2) is 53.5 Å². The number of aliphatic carboxylic acids is 1. The Kier molecular flexibility index (Phi) is 7.91. The number of aromatic nitrogens is 2. The van der Waals surface area contributed by atoms with Crippen molar-refractivity contribution in [3.05, 3.63) is 34.6 Å². The SMILES string of the molecule is CCn1cc(S(=O)(=O)N2C[C@H](CC(C)(C)C(=O)O)Oc3ccc(CC(=O)OC(C)(C)C)c(C)c32)c(Cl)n1. The molecule has 0 amide bonds. The first-order chi connectivity index (χ1) is 17.0. The number of carboxylic acid groups (broad SMARTS) is 1. The van der Waals surface area contributed by atoms with Crippen LogP contribution < -0.4 is 9.04 Å². The van der Waals surface area contributed by atoms with E-state index in [1.807, 2.05) is 0 Å². The van der Waals surface area contributed by atoms with Crippen LogP contribution in [0.2, 0.25) is 5.15 Å². The third-order valence-electron chi connectivity index (χ3n) is 6.07. The van der Waals surface area contributed by atoms with E-state index in [0.29, 0.717) is 17.7 Å². The largest absolute Gasteiger partial charge is 0.486 e. The molecule has 0 saturated heterocycles. The molecule has 1 N–H and O–H groups in total. The molecule has 1 aromatic carbocycles. The predicted octanol–water partition coefficient (Wildman–Crippen LogP) is 4.21. The highest BCUT2D eigenvalue weighted by Crippen LogP contribution is 2.43. The van der Waals surface area contributed by atoms with Crippen molar-refractivity contribution in [1.82, 2.24) is 9.78 Å². The number of hydrogen-bond donors (Lipinski definition) is 1. The van der Waals surface area contributed by atoms with Gasteiger partial charge in [-0.25, -0.2) is 8.42 Å². The van der Waals surface area contributed by atoms with Gasteiger partial charge in [-0.1, -0.05) is 17.7 Å². The zero-order valence-corrected chi connectivity index (χ0v) is 23.7. The second-order valence-electron chi connectivity index (χ2n) is 10.8. The number of aryl methyl sites for hydroxylation is 1. The van der Waals surface area contributed by atoms with Gasteiger partial charge < -0.3 is 14.6 Å². The number of carboxylic acids is 1. The zero-order chi connectivity index (χ0) is 27.9. The minimum atomic E-state index is -4.23. The lowest BCUT2D eigenvalue weighted by Gasteiger charge is -2.38. The molecular formula is C25H34ClN3O7S. The Hall–Kier alpha value is -2.79. The molecule has 37 heavy (non-hydrogen) atoms. The van der Waals surface area contributed by atoms with E-state index in [4.69, 9.17) is 21.1 Å². The van der Waals surface area contributed by atoms with Crippen LogP contribution in [0.25, 0.3) is 0 Å². The maximum absolute atomic E-state index is 13.9. The number of esters is 1. The number of hydrogen-bond acceptors (Lipinski definition) is 7. The summed E-state index contributed by atoms with van der Waals surface area (Å²) >= 11 is 6.23. The summed E-state index contributed by atoms with van der Waals surface area (Å²) in [4.78, 5) is 24.1. The second-order valence-corrected chi connectivity index (χ2v) is 13.0. The van der Waals surface area contributed by atoms with Crippen molar-refractivity contribution in [2.75, 3.05) is 10.8 Å². The van der Waals surface area contributed by atoms with Crippen LogP contribution >= 0.6 is 11.6 Å². The number of fused-ring (bicyclic) bond motifs is 1. The van der Waals surface area contributed by atoms with E-state index in [1.165, 1.54) is 15.2 Å². The zero-order valence-electron chi connectivity index (χ0n) is 22.2.